The summed E-state index contributed by atoms with van der Waals surface area (Å²) in [6.07, 6.45) is 16.5. The summed E-state index contributed by atoms with van der Waals surface area (Å²) in [5, 5.41) is 13.4. The lowest BCUT2D eigenvalue weighted by atomic mass is 9.97. The molecule has 0 aliphatic heterocycles. The topological polar surface area (TPSA) is 183 Å². The lowest BCUT2D eigenvalue weighted by Crippen LogP contribution is -2.45. The van der Waals surface area contributed by atoms with Crippen molar-refractivity contribution in [1.82, 2.24) is 31.0 Å². The van der Waals surface area contributed by atoms with Gasteiger partial charge in [-0.15, -0.1) is 12.8 Å². The standard InChI is InChI=1S/C31H39N5O5.C11H16O.C8H10N2O.C2H2/c1-4-39-31(40-5-2)21-36(20-24-8-6-10-27-26(24)9-7-15-33-27)30(38)19-34-29(37)18-32-17-25-16-28(35-41-25)23-13-11-22(3)12-14-23;1-9-5-7-10(8-6-9)12-11(2,3)4;9-8(11)10-6-7-4-2-1-3-5-7;1-2/h6-11,13-16,22,31-32H,4-5,12,17-21H2,1-3H3,(H,34,37);5-8H,1-4H3;1-5H,6H2,(H3,9,10,11);1-2H. The first kappa shape index (κ1) is 53.5. The van der Waals surface area contributed by atoms with Crippen LogP contribution < -0.4 is 26.4 Å². The smallest absolute Gasteiger partial charge is 0.312 e. The Bertz CT molecular complexity index is 2290. The molecule has 2 heterocycles. The third kappa shape index (κ3) is 20.4. The van der Waals surface area contributed by atoms with Crippen LogP contribution in [0.3, 0.4) is 0 Å². The van der Waals surface area contributed by atoms with E-state index in [1.807, 2.05) is 113 Å². The van der Waals surface area contributed by atoms with Crippen LogP contribution >= 0.6 is 0 Å². The number of nitrogens with zero attached hydrogens (tertiary/aromatic N) is 3. The molecule has 1 aliphatic rings. The number of carbonyl (C=O) groups excluding carboxylic acids is 3. The number of allylic oxidation sites excluding steroid dienone is 4. The average molecular weight is 902 g/mol. The van der Waals surface area contributed by atoms with Crippen LogP contribution in [0.5, 0.6) is 5.75 Å². The molecular weight excluding hydrogens is 835 g/mol. The summed E-state index contributed by atoms with van der Waals surface area (Å²) in [7, 11) is 0. The monoisotopic (exact) mass is 902 g/mol. The number of nitrogens with two attached hydrogens (primary N) is 1. The maximum Gasteiger partial charge on any atom is 0.312 e. The van der Waals surface area contributed by atoms with Crippen molar-refractivity contribution in [3.63, 3.8) is 0 Å². The molecule has 352 valence electrons. The zero-order valence-corrected chi connectivity index (χ0v) is 39.4. The molecule has 0 saturated heterocycles. The summed E-state index contributed by atoms with van der Waals surface area (Å²) in [5.74, 6) is 1.55. The number of urea groups is 1. The van der Waals surface area contributed by atoms with Gasteiger partial charge in [-0.3, -0.25) is 14.6 Å². The Kier molecular flexibility index (Phi) is 23.4. The number of hydrogen-bond donors (Lipinski definition) is 4. The number of terminal acetylenes is 1. The van der Waals surface area contributed by atoms with Crippen molar-refractivity contribution in [3.8, 4) is 18.6 Å². The van der Waals surface area contributed by atoms with Gasteiger partial charge in [0.05, 0.1) is 31.7 Å². The number of hydrogen-bond acceptors (Lipinski definition) is 10. The van der Waals surface area contributed by atoms with Gasteiger partial charge in [0.25, 0.3) is 0 Å². The van der Waals surface area contributed by atoms with Gasteiger partial charge < -0.3 is 45.3 Å². The van der Waals surface area contributed by atoms with Crippen molar-refractivity contribution < 1.29 is 33.1 Å². The van der Waals surface area contributed by atoms with E-state index in [0.717, 1.165) is 45.5 Å². The zero-order chi connectivity index (χ0) is 48.3. The molecule has 0 spiro atoms. The molecule has 6 rings (SSSR count). The number of primary amides is 1. The second kappa shape index (κ2) is 28.9. The molecule has 5 aromatic rings. The summed E-state index contributed by atoms with van der Waals surface area (Å²) in [6.45, 7) is 16.3. The molecule has 1 aliphatic carbocycles. The summed E-state index contributed by atoms with van der Waals surface area (Å²) in [5.41, 5.74) is 10.7. The number of nitrogens with one attached hydrogen (secondary N) is 3. The highest BCUT2D eigenvalue weighted by atomic mass is 16.7. The van der Waals surface area contributed by atoms with Crippen LogP contribution in [0.15, 0.2) is 120 Å². The number of carbonyl (C=O) groups is 3. The van der Waals surface area contributed by atoms with Gasteiger partial charge >= 0.3 is 6.03 Å². The number of ether oxygens (including phenoxy) is 3. The van der Waals surface area contributed by atoms with E-state index in [9.17, 15) is 14.4 Å². The van der Waals surface area contributed by atoms with Gasteiger partial charge in [0.1, 0.15) is 17.0 Å². The maximum atomic E-state index is 13.3. The highest BCUT2D eigenvalue weighted by molar-refractivity contribution is 5.86. The van der Waals surface area contributed by atoms with Crippen molar-refractivity contribution in [2.24, 2.45) is 11.7 Å². The van der Waals surface area contributed by atoms with Crippen LogP contribution in [0.2, 0.25) is 0 Å². The van der Waals surface area contributed by atoms with Gasteiger partial charge in [0, 0.05) is 44.0 Å². The van der Waals surface area contributed by atoms with Gasteiger partial charge in [-0.1, -0.05) is 96.5 Å². The zero-order valence-electron chi connectivity index (χ0n) is 39.4. The summed E-state index contributed by atoms with van der Waals surface area (Å²) >= 11 is 0. The summed E-state index contributed by atoms with van der Waals surface area (Å²) in [4.78, 5) is 42.2. The molecular formula is C52H67N7O7. The Morgan fingerprint density at radius 3 is 2.26 bits per heavy atom. The molecule has 66 heavy (non-hydrogen) atoms. The van der Waals surface area contributed by atoms with Crippen LogP contribution in [0.1, 0.15) is 76.1 Å². The first-order chi connectivity index (χ1) is 31.7. The number of benzene rings is 3. The van der Waals surface area contributed by atoms with Crippen LogP contribution in [-0.4, -0.2) is 77.6 Å². The van der Waals surface area contributed by atoms with E-state index in [-0.39, 0.29) is 37.0 Å². The molecule has 5 N–H and O–H groups in total. The first-order valence-corrected chi connectivity index (χ1v) is 22.0. The highest BCUT2D eigenvalue weighted by Gasteiger charge is 2.22. The van der Waals surface area contributed by atoms with Crippen molar-refractivity contribution in [1.29, 1.82) is 0 Å². The molecule has 4 amide bonds. The van der Waals surface area contributed by atoms with Crippen molar-refractivity contribution in [2.45, 2.75) is 86.4 Å². The Morgan fingerprint density at radius 2 is 1.62 bits per heavy atom. The van der Waals surface area contributed by atoms with Crippen LogP contribution in [0.4, 0.5) is 4.79 Å². The third-order valence-corrected chi connectivity index (χ3v) is 9.47. The van der Waals surface area contributed by atoms with Crippen molar-refractivity contribution >= 4 is 34.3 Å². The minimum atomic E-state index is -0.575. The third-order valence-electron chi connectivity index (χ3n) is 9.47. The largest absolute Gasteiger partial charge is 0.488 e. The molecule has 0 radical (unpaired) electrons. The molecule has 0 saturated carbocycles. The van der Waals surface area contributed by atoms with E-state index in [0.29, 0.717) is 44.5 Å². The fourth-order valence-corrected chi connectivity index (χ4v) is 6.31. The molecule has 14 heteroatoms. The number of fused-ring (bicyclic) bond motifs is 1. The van der Waals surface area contributed by atoms with Gasteiger partial charge in [0.15, 0.2) is 12.1 Å². The number of rotatable bonds is 18. The summed E-state index contributed by atoms with van der Waals surface area (Å²) < 4.78 is 22.5. The first-order valence-electron chi connectivity index (χ1n) is 22.0. The van der Waals surface area contributed by atoms with E-state index < -0.39 is 12.3 Å². The second-order valence-electron chi connectivity index (χ2n) is 16.1. The molecule has 0 bridgehead atoms. The molecule has 1 unspecified atom stereocenters. The molecule has 2 aromatic heterocycles. The van der Waals surface area contributed by atoms with Gasteiger partial charge in [0.2, 0.25) is 11.8 Å². The molecule has 14 nitrogen and oxygen atoms in total. The number of amides is 4. The van der Waals surface area contributed by atoms with Crippen LogP contribution in [-0.2, 0) is 38.7 Å². The minimum Gasteiger partial charge on any atom is -0.488 e. The number of pyridine rings is 1. The van der Waals surface area contributed by atoms with E-state index in [4.69, 9.17) is 24.5 Å². The Labute approximate surface area is 390 Å². The van der Waals surface area contributed by atoms with Gasteiger partial charge in [-0.05, 0) is 94.8 Å². The highest BCUT2D eigenvalue weighted by Crippen LogP contribution is 2.24. The Morgan fingerprint density at radius 1 is 0.909 bits per heavy atom. The fourth-order valence-electron chi connectivity index (χ4n) is 6.31. The SMILES string of the molecule is C#C.CCOC(CN(Cc1cccc2ncccc12)C(=O)CNC(=O)CNCc1cc(C2=CCC(C)C=C2)no1)OCC.Cc1ccc(OC(C)(C)C)cc1.NC(=O)NCc1ccccc1. The Hall–Kier alpha value is -6.79. The quantitative estimate of drug-likeness (QED) is 0.0495. The molecule has 0 fully saturated rings. The van der Waals surface area contributed by atoms with Crippen LogP contribution in [0.25, 0.3) is 16.5 Å². The van der Waals surface area contributed by atoms with Crippen LogP contribution in [0, 0.1) is 25.7 Å². The Balaban J connectivity index is 0.000000374. The normalized spacial score (nSPS) is 12.8. The van der Waals surface area contributed by atoms with E-state index in [2.05, 4.69) is 83.1 Å². The number of aromatic nitrogens is 2. The van der Waals surface area contributed by atoms with E-state index >= 15 is 0 Å². The van der Waals surface area contributed by atoms with E-state index in [1.165, 1.54) is 5.56 Å². The lowest BCUT2D eigenvalue weighted by molar-refractivity contribution is -0.159. The van der Waals surface area contributed by atoms with Crippen molar-refractivity contribution in [3.05, 3.63) is 144 Å². The summed E-state index contributed by atoms with van der Waals surface area (Å²) in [6, 6.07) is 28.8. The average Bonchev–Trinajstić information content (AvgIpc) is 3.78. The minimum absolute atomic E-state index is 0.0267. The van der Waals surface area contributed by atoms with E-state index in [1.54, 1.807) is 11.1 Å². The number of aryl methyl sites for hydroxylation is 1. The maximum absolute atomic E-state index is 13.3. The lowest BCUT2D eigenvalue weighted by Gasteiger charge is -2.28. The fraction of sp³-hybridized carbons (Fsp3) is 0.365. The van der Waals surface area contributed by atoms with Crippen molar-refractivity contribution in [2.75, 3.05) is 32.8 Å². The van der Waals surface area contributed by atoms with Gasteiger partial charge in [-0.2, -0.15) is 0 Å². The predicted octanol–water partition coefficient (Wildman–Crippen LogP) is 8.11. The molecule has 3 aromatic carbocycles. The predicted molar refractivity (Wildman–Crippen MR) is 261 cm³/mol. The van der Waals surface area contributed by atoms with Gasteiger partial charge in [-0.25, -0.2) is 4.79 Å². The molecule has 1 atom stereocenters. The second-order valence-corrected chi connectivity index (χ2v) is 16.1.